The van der Waals surface area contributed by atoms with Crippen LogP contribution in [0.25, 0.3) is 0 Å². The molecular weight excluding hydrogens is 322 g/mol. The van der Waals surface area contributed by atoms with E-state index in [2.05, 4.69) is 4.98 Å². The Hall–Kier alpha value is -1.51. The third-order valence-corrected chi connectivity index (χ3v) is 6.93. The summed E-state index contributed by atoms with van der Waals surface area (Å²) in [5, 5.41) is 0. The van der Waals surface area contributed by atoms with E-state index < -0.39 is 10.0 Å². The number of fused-ring (bicyclic) bond motifs is 1. The normalized spacial score (nSPS) is 15.8. The van der Waals surface area contributed by atoms with Crippen LogP contribution in [-0.2, 0) is 30.0 Å². The average molecular weight is 339 g/mol. The Kier molecular flexibility index (Phi) is 3.70. The summed E-state index contributed by atoms with van der Waals surface area (Å²) in [7, 11) is -1.89. The predicted octanol–water partition coefficient (Wildman–Crippen LogP) is 1.21. The molecule has 8 heteroatoms. The van der Waals surface area contributed by atoms with Crippen LogP contribution in [0.2, 0.25) is 0 Å². The lowest BCUT2D eigenvalue weighted by Gasteiger charge is -2.27. The van der Waals surface area contributed by atoms with Crippen LogP contribution in [0, 0.1) is 13.8 Å². The van der Waals surface area contributed by atoms with Crippen LogP contribution in [0.3, 0.4) is 0 Å². The summed E-state index contributed by atoms with van der Waals surface area (Å²) in [5.41, 5.74) is 1.09. The number of aromatic nitrogens is 2. The molecule has 1 aliphatic heterocycles. The molecule has 118 valence electrons. The van der Waals surface area contributed by atoms with Gasteiger partial charge < -0.3 is 4.57 Å². The molecule has 1 aliphatic rings. The minimum Gasteiger partial charge on any atom is -0.302 e. The highest BCUT2D eigenvalue weighted by Crippen LogP contribution is 2.29. The van der Waals surface area contributed by atoms with Crippen molar-refractivity contribution in [2.75, 3.05) is 6.54 Å². The van der Waals surface area contributed by atoms with Gasteiger partial charge in [-0.3, -0.25) is 4.79 Å². The van der Waals surface area contributed by atoms with Gasteiger partial charge in [0.2, 0.25) is 10.0 Å². The minimum absolute atomic E-state index is 0.0930. The summed E-state index contributed by atoms with van der Waals surface area (Å²) in [6.45, 7) is 4.18. The summed E-state index contributed by atoms with van der Waals surface area (Å²) >= 11 is 1.48. The first-order chi connectivity index (χ1) is 10.3. The Morgan fingerprint density at radius 1 is 1.32 bits per heavy atom. The molecule has 0 saturated heterocycles. The molecule has 3 rings (SSSR count). The Labute approximate surface area is 133 Å². The van der Waals surface area contributed by atoms with E-state index in [-0.39, 0.29) is 12.1 Å². The zero-order valence-corrected chi connectivity index (χ0v) is 14.3. The quantitative estimate of drug-likeness (QED) is 0.824. The number of sulfonamides is 1. The fourth-order valence-electron chi connectivity index (χ4n) is 2.70. The molecule has 0 aliphatic carbocycles. The summed E-state index contributed by atoms with van der Waals surface area (Å²) in [6, 6.07) is 1.71. The maximum Gasteiger partial charge on any atom is 0.256 e. The topological polar surface area (TPSA) is 72.3 Å². The smallest absolute Gasteiger partial charge is 0.256 e. The monoisotopic (exact) mass is 339 g/mol. The van der Waals surface area contributed by atoms with E-state index in [1.54, 1.807) is 13.1 Å². The van der Waals surface area contributed by atoms with E-state index in [4.69, 9.17) is 0 Å². The lowest BCUT2D eigenvalue weighted by atomic mass is 10.1. The van der Waals surface area contributed by atoms with Gasteiger partial charge in [-0.1, -0.05) is 0 Å². The van der Waals surface area contributed by atoms with Crippen molar-refractivity contribution in [1.82, 2.24) is 13.9 Å². The van der Waals surface area contributed by atoms with Gasteiger partial charge in [-0.2, -0.15) is 4.31 Å². The maximum atomic E-state index is 12.8. The Balaban J connectivity index is 1.99. The Morgan fingerprint density at radius 2 is 2.05 bits per heavy atom. The third-order valence-electron chi connectivity index (χ3n) is 3.86. The van der Waals surface area contributed by atoms with Crippen molar-refractivity contribution in [3.8, 4) is 0 Å². The molecule has 0 aromatic carbocycles. The molecule has 2 aromatic rings. The first kappa shape index (κ1) is 15.4. The molecular formula is C14H17N3O3S2. The SMILES string of the molecule is Cc1cc(S(=O)(=O)N2CCc3c(ncn(C)c3=O)C2)c(C)s1. The van der Waals surface area contributed by atoms with Gasteiger partial charge >= 0.3 is 0 Å². The van der Waals surface area contributed by atoms with Crippen molar-refractivity contribution < 1.29 is 8.42 Å². The second kappa shape index (κ2) is 5.29. The van der Waals surface area contributed by atoms with Crippen molar-refractivity contribution >= 4 is 21.4 Å². The van der Waals surface area contributed by atoms with Gasteiger partial charge in [0.25, 0.3) is 5.56 Å². The molecule has 6 nitrogen and oxygen atoms in total. The number of hydrogen-bond donors (Lipinski definition) is 0. The van der Waals surface area contributed by atoms with Crippen LogP contribution in [0.4, 0.5) is 0 Å². The molecule has 0 radical (unpaired) electrons. The maximum absolute atomic E-state index is 12.8. The number of aryl methyl sites for hydroxylation is 3. The Bertz CT molecular complexity index is 897. The number of hydrogen-bond acceptors (Lipinski definition) is 5. The lowest BCUT2D eigenvalue weighted by Crippen LogP contribution is -2.40. The highest BCUT2D eigenvalue weighted by atomic mass is 32.2. The second-order valence-electron chi connectivity index (χ2n) is 5.45. The summed E-state index contributed by atoms with van der Waals surface area (Å²) in [4.78, 5) is 18.4. The number of thiophene rings is 1. The molecule has 0 amide bonds. The molecule has 22 heavy (non-hydrogen) atoms. The van der Waals surface area contributed by atoms with E-state index in [9.17, 15) is 13.2 Å². The van der Waals surface area contributed by atoms with Crippen LogP contribution < -0.4 is 5.56 Å². The zero-order chi connectivity index (χ0) is 16.1. The first-order valence-corrected chi connectivity index (χ1v) is 9.17. The minimum atomic E-state index is -3.54. The van der Waals surface area contributed by atoms with Crippen molar-refractivity contribution in [3.63, 3.8) is 0 Å². The standard InChI is InChI=1S/C14H17N3O3S2/c1-9-6-13(10(2)21-9)22(19,20)17-5-4-11-12(7-17)15-8-16(3)14(11)18/h6,8H,4-5,7H2,1-3H3. The molecule has 3 heterocycles. The molecule has 2 aromatic heterocycles. The molecule has 0 unspecified atom stereocenters. The van der Waals surface area contributed by atoms with Gasteiger partial charge in [0.1, 0.15) is 0 Å². The van der Waals surface area contributed by atoms with E-state index in [0.717, 1.165) is 9.75 Å². The van der Waals surface area contributed by atoms with Crippen LogP contribution in [0.5, 0.6) is 0 Å². The second-order valence-corrected chi connectivity index (χ2v) is 8.82. The van der Waals surface area contributed by atoms with E-state index in [0.29, 0.717) is 29.1 Å². The fraction of sp³-hybridized carbons (Fsp3) is 0.429. The van der Waals surface area contributed by atoms with E-state index >= 15 is 0 Å². The molecule has 0 bridgehead atoms. The molecule has 0 fully saturated rings. The first-order valence-electron chi connectivity index (χ1n) is 6.91. The summed E-state index contributed by atoms with van der Waals surface area (Å²) in [5.74, 6) is 0. The van der Waals surface area contributed by atoms with Gasteiger partial charge in [-0.15, -0.1) is 11.3 Å². The van der Waals surface area contributed by atoms with Crippen LogP contribution in [0.15, 0.2) is 22.1 Å². The predicted molar refractivity (Wildman–Crippen MR) is 84.6 cm³/mol. The van der Waals surface area contributed by atoms with Crippen LogP contribution in [-0.4, -0.2) is 28.8 Å². The fourth-order valence-corrected chi connectivity index (χ4v) is 5.63. The highest BCUT2D eigenvalue weighted by molar-refractivity contribution is 7.89. The van der Waals surface area contributed by atoms with Crippen LogP contribution >= 0.6 is 11.3 Å². The number of nitrogens with zero attached hydrogens (tertiary/aromatic N) is 3. The van der Waals surface area contributed by atoms with Gasteiger partial charge in [0.15, 0.2) is 0 Å². The lowest BCUT2D eigenvalue weighted by molar-refractivity contribution is 0.382. The van der Waals surface area contributed by atoms with Gasteiger partial charge in [-0.05, 0) is 26.3 Å². The largest absolute Gasteiger partial charge is 0.302 e. The molecule has 0 saturated carbocycles. The van der Waals surface area contributed by atoms with Crippen LogP contribution in [0.1, 0.15) is 21.0 Å². The van der Waals surface area contributed by atoms with Crippen molar-refractivity contribution in [2.45, 2.75) is 31.7 Å². The summed E-state index contributed by atoms with van der Waals surface area (Å²) in [6.07, 6.45) is 1.84. The van der Waals surface area contributed by atoms with Gasteiger partial charge in [0.05, 0.1) is 23.5 Å². The third kappa shape index (κ3) is 2.41. The van der Waals surface area contributed by atoms with E-state index in [1.165, 1.54) is 26.5 Å². The average Bonchev–Trinajstić information content (AvgIpc) is 2.82. The van der Waals surface area contributed by atoms with Crippen molar-refractivity contribution in [3.05, 3.63) is 43.8 Å². The van der Waals surface area contributed by atoms with Crippen molar-refractivity contribution in [2.24, 2.45) is 7.05 Å². The van der Waals surface area contributed by atoms with Crippen molar-refractivity contribution in [1.29, 1.82) is 0 Å². The molecule has 0 spiro atoms. The number of rotatable bonds is 2. The molecule has 0 atom stereocenters. The highest BCUT2D eigenvalue weighted by Gasteiger charge is 2.32. The zero-order valence-electron chi connectivity index (χ0n) is 12.7. The summed E-state index contributed by atoms with van der Waals surface area (Å²) < 4.78 is 28.4. The van der Waals surface area contributed by atoms with Gasteiger partial charge in [0, 0.05) is 28.9 Å². The van der Waals surface area contributed by atoms with E-state index in [1.807, 2.05) is 13.8 Å². The Morgan fingerprint density at radius 3 is 2.68 bits per heavy atom. The van der Waals surface area contributed by atoms with Gasteiger partial charge in [-0.25, -0.2) is 13.4 Å². The molecule has 0 N–H and O–H groups in total.